The van der Waals surface area contributed by atoms with Crippen molar-refractivity contribution in [3.8, 4) is 0 Å². The number of fused-ring (bicyclic) bond motifs is 2. The van der Waals surface area contributed by atoms with Crippen LogP contribution in [0.5, 0.6) is 0 Å². The predicted octanol–water partition coefficient (Wildman–Crippen LogP) is 1.99. The van der Waals surface area contributed by atoms with Crippen molar-refractivity contribution < 1.29 is 4.79 Å². The molecule has 1 fully saturated rings. The van der Waals surface area contributed by atoms with Crippen LogP contribution in [0.15, 0.2) is 6.33 Å². The predicted molar refractivity (Wildman–Crippen MR) is 100 cm³/mol. The van der Waals surface area contributed by atoms with Gasteiger partial charge in [-0.25, -0.2) is 4.98 Å². The van der Waals surface area contributed by atoms with E-state index in [1.807, 2.05) is 4.52 Å². The topological polar surface area (TPSA) is 75.4 Å². The second-order valence-corrected chi connectivity index (χ2v) is 7.92. The zero-order valence-corrected chi connectivity index (χ0v) is 15.7. The normalized spacial score (nSPS) is 17.9. The number of rotatable bonds is 5. The fraction of sp³-hybridized carbons (Fsp3) is 0.684. The number of hydrogen-bond donors (Lipinski definition) is 1. The van der Waals surface area contributed by atoms with E-state index in [-0.39, 0.29) is 11.8 Å². The van der Waals surface area contributed by atoms with Gasteiger partial charge >= 0.3 is 0 Å². The van der Waals surface area contributed by atoms with Gasteiger partial charge in [0.15, 0.2) is 0 Å². The monoisotopic (exact) mass is 356 g/mol. The molecule has 0 unspecified atom stereocenters. The molecule has 1 saturated heterocycles. The number of nitrogens with zero attached hydrogens (tertiary/aromatic N) is 5. The molecule has 2 aromatic heterocycles. The number of nitrogens with one attached hydrogen (secondary N) is 1. The maximum atomic E-state index is 12.4. The van der Waals surface area contributed by atoms with Crippen LogP contribution in [0.1, 0.15) is 50.8 Å². The van der Waals surface area contributed by atoms with E-state index >= 15 is 0 Å². The highest BCUT2D eigenvalue weighted by molar-refractivity contribution is 5.79. The number of amides is 1. The van der Waals surface area contributed by atoms with Gasteiger partial charge in [0.05, 0.1) is 5.69 Å². The average Bonchev–Trinajstić information content (AvgIpc) is 3.28. The Morgan fingerprint density at radius 1 is 1.31 bits per heavy atom. The molecule has 1 N–H and O–H groups in total. The summed E-state index contributed by atoms with van der Waals surface area (Å²) in [4.78, 5) is 23.7. The summed E-state index contributed by atoms with van der Waals surface area (Å²) in [5.74, 6) is 2.81. The van der Waals surface area contributed by atoms with Gasteiger partial charge in [-0.3, -0.25) is 4.79 Å². The van der Waals surface area contributed by atoms with Crippen LogP contribution in [0.4, 0.5) is 5.82 Å². The Hall–Kier alpha value is -2.18. The third-order valence-corrected chi connectivity index (χ3v) is 5.61. The SMILES string of the molecule is CC(C)CCNC(=O)C1CCN(c2c3c(nc4ncnn24)CCC3)CC1. The van der Waals surface area contributed by atoms with Crippen LogP contribution in [-0.2, 0) is 17.6 Å². The summed E-state index contributed by atoms with van der Waals surface area (Å²) in [7, 11) is 0. The molecule has 0 saturated carbocycles. The summed E-state index contributed by atoms with van der Waals surface area (Å²) >= 11 is 0. The van der Waals surface area contributed by atoms with E-state index in [1.54, 1.807) is 6.33 Å². The molecule has 0 radical (unpaired) electrons. The van der Waals surface area contributed by atoms with Crippen molar-refractivity contribution in [2.75, 3.05) is 24.5 Å². The van der Waals surface area contributed by atoms with Crippen LogP contribution < -0.4 is 10.2 Å². The number of hydrogen-bond acceptors (Lipinski definition) is 5. The van der Waals surface area contributed by atoms with Gasteiger partial charge in [0.25, 0.3) is 5.78 Å². The summed E-state index contributed by atoms with van der Waals surface area (Å²) in [6.45, 7) is 6.92. The molecule has 7 nitrogen and oxygen atoms in total. The molecular weight excluding hydrogens is 328 g/mol. The lowest BCUT2D eigenvalue weighted by Gasteiger charge is -2.34. The Balaban J connectivity index is 1.45. The van der Waals surface area contributed by atoms with Crippen LogP contribution in [0, 0.1) is 11.8 Å². The van der Waals surface area contributed by atoms with Crippen LogP contribution in [0.3, 0.4) is 0 Å². The third-order valence-electron chi connectivity index (χ3n) is 5.61. The number of carbonyl (C=O) groups is 1. The molecule has 4 rings (SSSR count). The van der Waals surface area contributed by atoms with E-state index in [2.05, 4.69) is 39.1 Å². The van der Waals surface area contributed by atoms with Gasteiger partial charge in [-0.2, -0.15) is 14.6 Å². The minimum atomic E-state index is 0.125. The number of piperidine rings is 1. The molecule has 140 valence electrons. The minimum Gasteiger partial charge on any atom is -0.356 e. The Morgan fingerprint density at radius 3 is 2.88 bits per heavy atom. The first-order valence-corrected chi connectivity index (χ1v) is 9.87. The Bertz CT molecular complexity index is 791. The van der Waals surface area contributed by atoms with Gasteiger partial charge in [-0.1, -0.05) is 13.8 Å². The van der Waals surface area contributed by atoms with Crippen LogP contribution in [0.2, 0.25) is 0 Å². The summed E-state index contributed by atoms with van der Waals surface area (Å²) in [5.41, 5.74) is 2.50. The number of carbonyl (C=O) groups excluding carboxylic acids is 1. The van der Waals surface area contributed by atoms with Gasteiger partial charge in [-0.05, 0) is 44.4 Å². The summed E-state index contributed by atoms with van der Waals surface area (Å²) in [5, 5.41) is 7.52. The van der Waals surface area contributed by atoms with Gasteiger partial charge in [0.2, 0.25) is 5.91 Å². The first-order valence-electron chi connectivity index (χ1n) is 9.87. The molecule has 26 heavy (non-hydrogen) atoms. The van der Waals surface area contributed by atoms with Crippen molar-refractivity contribution in [1.82, 2.24) is 24.9 Å². The van der Waals surface area contributed by atoms with Crippen LogP contribution in [-0.4, -0.2) is 45.1 Å². The maximum absolute atomic E-state index is 12.4. The molecular formula is C19H28N6O. The van der Waals surface area contributed by atoms with Gasteiger partial charge in [-0.15, -0.1) is 0 Å². The average molecular weight is 356 g/mol. The van der Waals surface area contributed by atoms with Gasteiger partial charge < -0.3 is 10.2 Å². The largest absolute Gasteiger partial charge is 0.356 e. The molecule has 3 heterocycles. The number of aryl methyl sites for hydroxylation is 1. The van der Waals surface area contributed by atoms with Crippen molar-refractivity contribution in [2.24, 2.45) is 11.8 Å². The maximum Gasteiger partial charge on any atom is 0.254 e. The van der Waals surface area contributed by atoms with Crippen molar-refractivity contribution in [3.05, 3.63) is 17.6 Å². The molecule has 1 aliphatic carbocycles. The molecule has 0 atom stereocenters. The summed E-state index contributed by atoms with van der Waals surface area (Å²) < 4.78 is 1.88. The molecule has 0 bridgehead atoms. The lowest BCUT2D eigenvalue weighted by molar-refractivity contribution is -0.125. The molecule has 0 aromatic carbocycles. The zero-order valence-electron chi connectivity index (χ0n) is 15.7. The highest BCUT2D eigenvalue weighted by Gasteiger charge is 2.30. The second-order valence-electron chi connectivity index (χ2n) is 7.92. The minimum absolute atomic E-state index is 0.125. The standard InChI is InChI=1S/C19H28N6O/c1-13(2)6-9-20-17(26)14-7-10-24(11-8-14)18-15-4-3-5-16(15)23-19-21-12-22-25(18)19/h12-14H,3-11H2,1-2H3,(H,20,26). The van der Waals surface area contributed by atoms with E-state index in [9.17, 15) is 4.79 Å². The van der Waals surface area contributed by atoms with Gasteiger partial charge in [0.1, 0.15) is 12.1 Å². The molecule has 1 aliphatic heterocycles. The first kappa shape index (κ1) is 17.2. The Morgan fingerprint density at radius 2 is 2.12 bits per heavy atom. The van der Waals surface area contributed by atoms with Crippen molar-refractivity contribution in [3.63, 3.8) is 0 Å². The Kier molecular flexibility index (Phi) is 4.78. The lowest BCUT2D eigenvalue weighted by atomic mass is 9.95. The fourth-order valence-corrected chi connectivity index (χ4v) is 4.11. The summed E-state index contributed by atoms with van der Waals surface area (Å²) in [6.07, 6.45) is 7.64. The molecule has 1 amide bonds. The fourth-order valence-electron chi connectivity index (χ4n) is 4.11. The molecule has 0 spiro atoms. The first-order chi connectivity index (χ1) is 12.6. The number of aromatic nitrogens is 4. The molecule has 2 aromatic rings. The quantitative estimate of drug-likeness (QED) is 0.887. The van der Waals surface area contributed by atoms with Gasteiger partial charge in [0, 0.05) is 31.1 Å². The molecule has 2 aliphatic rings. The van der Waals surface area contributed by atoms with Crippen LogP contribution >= 0.6 is 0 Å². The zero-order chi connectivity index (χ0) is 18.1. The smallest absolute Gasteiger partial charge is 0.254 e. The highest BCUT2D eigenvalue weighted by Crippen LogP contribution is 2.32. The van der Waals surface area contributed by atoms with Crippen molar-refractivity contribution in [2.45, 2.75) is 52.4 Å². The third kappa shape index (κ3) is 3.27. The second kappa shape index (κ2) is 7.21. The number of anilines is 1. The van der Waals surface area contributed by atoms with E-state index < -0.39 is 0 Å². The van der Waals surface area contributed by atoms with Crippen molar-refractivity contribution >= 4 is 17.5 Å². The van der Waals surface area contributed by atoms with Crippen LogP contribution in [0.25, 0.3) is 5.78 Å². The van der Waals surface area contributed by atoms with E-state index in [0.29, 0.717) is 11.7 Å². The van der Waals surface area contributed by atoms with E-state index in [0.717, 1.165) is 64.0 Å². The van der Waals surface area contributed by atoms with Crippen molar-refractivity contribution in [1.29, 1.82) is 0 Å². The Labute approximate surface area is 154 Å². The lowest BCUT2D eigenvalue weighted by Crippen LogP contribution is -2.42. The van der Waals surface area contributed by atoms with E-state index in [1.165, 1.54) is 11.3 Å². The molecule has 7 heteroatoms. The highest BCUT2D eigenvalue weighted by atomic mass is 16.1. The summed E-state index contributed by atoms with van der Waals surface area (Å²) in [6, 6.07) is 0. The van der Waals surface area contributed by atoms with E-state index in [4.69, 9.17) is 0 Å².